The Morgan fingerprint density at radius 1 is 1.45 bits per heavy atom. The van der Waals surface area contributed by atoms with Crippen molar-refractivity contribution >= 4 is 11.6 Å². The lowest BCUT2D eigenvalue weighted by Crippen LogP contribution is -2.53. The van der Waals surface area contributed by atoms with E-state index in [0.29, 0.717) is 18.1 Å². The summed E-state index contributed by atoms with van der Waals surface area (Å²) in [5.41, 5.74) is 7.64. The zero-order chi connectivity index (χ0) is 15.1. The molecule has 2 rings (SSSR count). The molecule has 2 unspecified atom stereocenters. The van der Waals surface area contributed by atoms with E-state index in [0.717, 1.165) is 30.5 Å². The number of nitrogens with zero attached hydrogens (tertiary/aromatic N) is 2. The van der Waals surface area contributed by atoms with Crippen LogP contribution < -0.4 is 5.73 Å². The van der Waals surface area contributed by atoms with Crippen molar-refractivity contribution in [2.24, 2.45) is 23.6 Å². The lowest BCUT2D eigenvalue weighted by atomic mass is 9.59. The van der Waals surface area contributed by atoms with Gasteiger partial charge in [-0.25, -0.2) is 0 Å². The molecular formula is C15H26ClN3O. The van der Waals surface area contributed by atoms with E-state index >= 15 is 0 Å². The zero-order valence-electron chi connectivity index (χ0n) is 12.9. The molecule has 1 aliphatic carbocycles. The molecule has 1 fully saturated rings. The summed E-state index contributed by atoms with van der Waals surface area (Å²) in [5, 5.41) is 15.9. The Morgan fingerprint density at radius 2 is 2.10 bits per heavy atom. The summed E-state index contributed by atoms with van der Waals surface area (Å²) in [6.07, 6.45) is 3.36. The van der Waals surface area contributed by atoms with Crippen LogP contribution in [0.25, 0.3) is 0 Å². The van der Waals surface area contributed by atoms with E-state index in [9.17, 15) is 5.11 Å². The van der Waals surface area contributed by atoms with Gasteiger partial charge in [-0.05, 0) is 31.6 Å². The van der Waals surface area contributed by atoms with Crippen molar-refractivity contribution < 1.29 is 5.11 Å². The molecule has 5 heteroatoms. The minimum absolute atomic E-state index is 0.0970. The van der Waals surface area contributed by atoms with Crippen LogP contribution in [0.3, 0.4) is 0 Å². The largest absolute Gasteiger partial charge is 0.392 e. The van der Waals surface area contributed by atoms with Crippen LogP contribution in [0.2, 0.25) is 5.15 Å². The number of rotatable bonds is 3. The van der Waals surface area contributed by atoms with Gasteiger partial charge in [-0.3, -0.25) is 4.68 Å². The Bertz CT molecular complexity index is 498. The molecular weight excluding hydrogens is 274 g/mol. The standard InChI is InChI=1S/C15H26ClN3O/c1-10-11(12(16)19(4)18-10)8-15(9-17)7-5-6-14(2,3)13(15)20/h13,20H,5-9,17H2,1-4H3. The van der Waals surface area contributed by atoms with Gasteiger partial charge in [0.2, 0.25) is 0 Å². The highest BCUT2D eigenvalue weighted by Gasteiger charge is 2.48. The number of hydrogen-bond donors (Lipinski definition) is 2. The molecule has 1 aromatic rings. The van der Waals surface area contributed by atoms with E-state index in [4.69, 9.17) is 17.3 Å². The number of aryl methyl sites for hydroxylation is 2. The van der Waals surface area contributed by atoms with Crippen molar-refractivity contribution in [2.45, 2.75) is 52.6 Å². The van der Waals surface area contributed by atoms with Crippen molar-refractivity contribution in [3.8, 4) is 0 Å². The third kappa shape index (κ3) is 2.49. The van der Waals surface area contributed by atoms with Crippen LogP contribution >= 0.6 is 11.6 Å². The summed E-state index contributed by atoms with van der Waals surface area (Å²) in [5.74, 6) is 0. The summed E-state index contributed by atoms with van der Waals surface area (Å²) in [7, 11) is 1.84. The Hall–Kier alpha value is -0.580. The first-order valence-corrected chi connectivity index (χ1v) is 7.67. The van der Waals surface area contributed by atoms with E-state index in [2.05, 4.69) is 18.9 Å². The number of aromatic nitrogens is 2. The van der Waals surface area contributed by atoms with Gasteiger partial charge < -0.3 is 10.8 Å². The smallest absolute Gasteiger partial charge is 0.130 e. The minimum atomic E-state index is -0.413. The molecule has 4 nitrogen and oxygen atoms in total. The first kappa shape index (κ1) is 15.8. The first-order valence-electron chi connectivity index (χ1n) is 7.29. The maximum atomic E-state index is 10.8. The van der Waals surface area contributed by atoms with Gasteiger partial charge in [-0.2, -0.15) is 5.10 Å². The predicted octanol–water partition coefficient (Wildman–Crippen LogP) is 2.44. The average Bonchev–Trinajstić information content (AvgIpc) is 2.61. The zero-order valence-corrected chi connectivity index (χ0v) is 13.7. The maximum absolute atomic E-state index is 10.8. The summed E-state index contributed by atoms with van der Waals surface area (Å²) < 4.78 is 1.69. The fraction of sp³-hybridized carbons (Fsp3) is 0.800. The topological polar surface area (TPSA) is 64.1 Å². The van der Waals surface area contributed by atoms with Gasteiger partial charge >= 0.3 is 0 Å². The minimum Gasteiger partial charge on any atom is -0.392 e. The van der Waals surface area contributed by atoms with Gasteiger partial charge in [0, 0.05) is 24.6 Å². The van der Waals surface area contributed by atoms with Crippen LogP contribution in [-0.2, 0) is 13.5 Å². The average molecular weight is 300 g/mol. The molecule has 20 heavy (non-hydrogen) atoms. The highest BCUT2D eigenvalue weighted by molar-refractivity contribution is 6.30. The lowest BCUT2D eigenvalue weighted by Gasteiger charge is -2.49. The molecule has 2 atom stereocenters. The molecule has 0 aliphatic heterocycles. The highest BCUT2D eigenvalue weighted by atomic mass is 35.5. The molecule has 1 aliphatic rings. The van der Waals surface area contributed by atoms with E-state index in [-0.39, 0.29) is 10.8 Å². The summed E-state index contributed by atoms with van der Waals surface area (Å²) >= 11 is 6.35. The fourth-order valence-corrected chi connectivity index (χ4v) is 3.94. The molecule has 1 saturated carbocycles. The number of halogens is 1. The number of aliphatic hydroxyl groups excluding tert-OH is 1. The Morgan fingerprint density at radius 3 is 2.60 bits per heavy atom. The van der Waals surface area contributed by atoms with Crippen molar-refractivity contribution in [3.63, 3.8) is 0 Å². The second-order valence-corrected chi connectivity index (χ2v) is 7.32. The van der Waals surface area contributed by atoms with Crippen LogP contribution in [0.15, 0.2) is 0 Å². The third-order valence-corrected chi connectivity index (χ3v) is 5.49. The van der Waals surface area contributed by atoms with Crippen molar-refractivity contribution in [3.05, 3.63) is 16.4 Å². The predicted molar refractivity (Wildman–Crippen MR) is 81.8 cm³/mol. The summed E-state index contributed by atoms with van der Waals surface area (Å²) in [6, 6.07) is 0. The van der Waals surface area contributed by atoms with E-state index in [1.165, 1.54) is 0 Å². The maximum Gasteiger partial charge on any atom is 0.130 e. The molecule has 114 valence electrons. The SMILES string of the molecule is Cc1nn(C)c(Cl)c1CC1(CN)CCCC(C)(C)C1O. The Balaban J connectivity index is 2.37. The Labute approximate surface area is 126 Å². The van der Waals surface area contributed by atoms with E-state index in [1.807, 2.05) is 14.0 Å². The fourth-order valence-electron chi connectivity index (χ4n) is 3.70. The molecule has 3 N–H and O–H groups in total. The highest BCUT2D eigenvalue weighted by Crippen LogP contribution is 2.48. The van der Waals surface area contributed by atoms with Crippen LogP contribution in [0.4, 0.5) is 0 Å². The summed E-state index contributed by atoms with van der Waals surface area (Å²) in [6.45, 7) is 6.69. The molecule has 0 aromatic carbocycles. The number of nitrogens with two attached hydrogens (primary N) is 1. The van der Waals surface area contributed by atoms with Crippen molar-refractivity contribution in [2.75, 3.05) is 6.54 Å². The molecule has 0 bridgehead atoms. The second-order valence-electron chi connectivity index (χ2n) is 6.97. The van der Waals surface area contributed by atoms with Crippen LogP contribution in [0.5, 0.6) is 0 Å². The van der Waals surface area contributed by atoms with Gasteiger partial charge in [0.15, 0.2) is 0 Å². The lowest BCUT2D eigenvalue weighted by molar-refractivity contribution is -0.0885. The first-order chi connectivity index (χ1) is 9.23. The van der Waals surface area contributed by atoms with Crippen molar-refractivity contribution in [1.82, 2.24) is 9.78 Å². The normalized spacial score (nSPS) is 29.6. The molecule has 1 aromatic heterocycles. The Kier molecular flexibility index (Phi) is 4.20. The van der Waals surface area contributed by atoms with Gasteiger partial charge in [0.05, 0.1) is 11.8 Å². The molecule has 0 spiro atoms. The molecule has 0 amide bonds. The van der Waals surface area contributed by atoms with Crippen LogP contribution in [0, 0.1) is 17.8 Å². The van der Waals surface area contributed by atoms with Gasteiger partial charge in [-0.15, -0.1) is 0 Å². The van der Waals surface area contributed by atoms with Crippen LogP contribution in [-0.4, -0.2) is 27.5 Å². The molecule has 0 saturated heterocycles. The van der Waals surface area contributed by atoms with Gasteiger partial charge in [-0.1, -0.05) is 31.9 Å². The van der Waals surface area contributed by atoms with E-state index < -0.39 is 6.10 Å². The summed E-state index contributed by atoms with van der Waals surface area (Å²) in [4.78, 5) is 0. The monoisotopic (exact) mass is 299 g/mol. The molecule has 1 heterocycles. The number of aliphatic hydroxyl groups is 1. The third-order valence-electron chi connectivity index (χ3n) is 5.02. The van der Waals surface area contributed by atoms with Crippen molar-refractivity contribution in [1.29, 1.82) is 0 Å². The van der Waals surface area contributed by atoms with Gasteiger partial charge in [0.1, 0.15) is 5.15 Å². The quantitative estimate of drug-likeness (QED) is 0.901. The molecule has 0 radical (unpaired) electrons. The van der Waals surface area contributed by atoms with Crippen LogP contribution in [0.1, 0.15) is 44.4 Å². The second kappa shape index (κ2) is 5.32. The number of hydrogen-bond acceptors (Lipinski definition) is 3. The van der Waals surface area contributed by atoms with Gasteiger partial charge in [0.25, 0.3) is 0 Å². The van der Waals surface area contributed by atoms with E-state index in [1.54, 1.807) is 4.68 Å².